The number of thiophene rings is 1. The van der Waals surface area contributed by atoms with E-state index in [1.54, 1.807) is 10.4 Å². The van der Waals surface area contributed by atoms with Crippen LogP contribution in [0.2, 0.25) is 5.02 Å². The van der Waals surface area contributed by atoms with Crippen LogP contribution in [-0.4, -0.2) is 6.54 Å². The monoisotopic (exact) mass is 305 g/mol. The molecule has 20 heavy (non-hydrogen) atoms. The van der Waals surface area contributed by atoms with E-state index in [-0.39, 0.29) is 6.04 Å². The number of hydrogen-bond acceptors (Lipinski definition) is 2. The molecule has 1 aliphatic rings. The lowest BCUT2D eigenvalue weighted by Crippen LogP contribution is -2.22. The van der Waals surface area contributed by atoms with Crippen molar-refractivity contribution < 1.29 is 0 Å². The van der Waals surface area contributed by atoms with Crippen molar-refractivity contribution in [2.45, 2.75) is 38.6 Å². The molecule has 1 aromatic heterocycles. The molecule has 2 aromatic rings. The topological polar surface area (TPSA) is 12.0 Å². The number of halogens is 1. The van der Waals surface area contributed by atoms with Crippen LogP contribution in [0, 0.1) is 0 Å². The molecule has 0 saturated heterocycles. The molecule has 0 aliphatic heterocycles. The second-order valence-electron chi connectivity index (χ2n) is 5.36. The summed E-state index contributed by atoms with van der Waals surface area (Å²) in [5.74, 6) is 0. The summed E-state index contributed by atoms with van der Waals surface area (Å²) < 4.78 is 0. The summed E-state index contributed by atoms with van der Waals surface area (Å²) in [5.41, 5.74) is 2.75. The lowest BCUT2D eigenvalue weighted by molar-refractivity contribution is 0.605. The SMILES string of the molecule is CCCNC(c1cc2c(s1)CCC2)c1ccccc1Cl. The average molecular weight is 306 g/mol. The Morgan fingerprint density at radius 3 is 2.90 bits per heavy atom. The van der Waals surface area contributed by atoms with Crippen molar-refractivity contribution in [3.63, 3.8) is 0 Å². The molecule has 106 valence electrons. The first kappa shape index (κ1) is 14.1. The molecule has 1 heterocycles. The Bertz CT molecular complexity index is 569. The first-order valence-corrected chi connectivity index (χ1v) is 8.58. The number of rotatable bonds is 5. The van der Waals surface area contributed by atoms with Crippen LogP contribution >= 0.6 is 22.9 Å². The Morgan fingerprint density at radius 1 is 1.30 bits per heavy atom. The predicted molar refractivity (Wildman–Crippen MR) is 87.9 cm³/mol. The zero-order valence-electron chi connectivity index (χ0n) is 11.8. The number of nitrogens with one attached hydrogen (secondary N) is 1. The van der Waals surface area contributed by atoms with E-state index < -0.39 is 0 Å². The van der Waals surface area contributed by atoms with Gasteiger partial charge in [-0.15, -0.1) is 11.3 Å². The zero-order chi connectivity index (χ0) is 13.9. The van der Waals surface area contributed by atoms with Gasteiger partial charge in [-0.05, 0) is 55.5 Å². The predicted octanol–water partition coefficient (Wildman–Crippen LogP) is 4.98. The van der Waals surface area contributed by atoms with E-state index >= 15 is 0 Å². The summed E-state index contributed by atoms with van der Waals surface area (Å²) in [6.07, 6.45) is 4.95. The fraction of sp³-hybridized carbons (Fsp3) is 0.412. The van der Waals surface area contributed by atoms with Crippen molar-refractivity contribution in [2.75, 3.05) is 6.54 Å². The van der Waals surface area contributed by atoms with Crippen LogP contribution in [0.5, 0.6) is 0 Å². The molecular formula is C17H20ClNS. The lowest BCUT2D eigenvalue weighted by Gasteiger charge is -2.19. The molecule has 1 atom stereocenters. The van der Waals surface area contributed by atoms with Crippen molar-refractivity contribution in [3.8, 4) is 0 Å². The Labute approximate surface area is 130 Å². The van der Waals surface area contributed by atoms with E-state index in [2.05, 4.69) is 30.4 Å². The van der Waals surface area contributed by atoms with E-state index in [9.17, 15) is 0 Å². The minimum atomic E-state index is 0.235. The maximum Gasteiger partial charge on any atom is 0.0685 e. The molecule has 0 amide bonds. The summed E-state index contributed by atoms with van der Waals surface area (Å²) >= 11 is 8.37. The van der Waals surface area contributed by atoms with Crippen molar-refractivity contribution in [2.24, 2.45) is 0 Å². The maximum atomic E-state index is 6.41. The average Bonchev–Trinajstić information content (AvgIpc) is 3.02. The number of hydrogen-bond donors (Lipinski definition) is 1. The molecule has 0 saturated carbocycles. The maximum absolute atomic E-state index is 6.41. The highest BCUT2D eigenvalue weighted by atomic mass is 35.5. The third-order valence-corrected chi connectivity index (χ3v) is 5.51. The molecule has 1 nitrogen and oxygen atoms in total. The number of fused-ring (bicyclic) bond motifs is 1. The number of aryl methyl sites for hydroxylation is 2. The molecule has 0 bridgehead atoms. The molecule has 0 radical (unpaired) electrons. The molecule has 1 N–H and O–H groups in total. The van der Waals surface area contributed by atoms with Gasteiger partial charge in [0.1, 0.15) is 0 Å². The molecule has 1 unspecified atom stereocenters. The Hall–Kier alpha value is -0.830. The summed E-state index contributed by atoms with van der Waals surface area (Å²) in [6.45, 7) is 3.21. The fourth-order valence-corrected chi connectivity index (χ4v) is 4.45. The fourth-order valence-electron chi connectivity index (χ4n) is 2.86. The van der Waals surface area contributed by atoms with Crippen LogP contribution in [0.15, 0.2) is 30.3 Å². The van der Waals surface area contributed by atoms with Gasteiger partial charge in [0, 0.05) is 14.8 Å². The summed E-state index contributed by atoms with van der Waals surface area (Å²) in [5, 5.41) is 4.51. The minimum Gasteiger partial charge on any atom is -0.306 e. The van der Waals surface area contributed by atoms with Crippen LogP contribution in [0.25, 0.3) is 0 Å². The molecule has 3 rings (SSSR count). The molecule has 0 fully saturated rings. The largest absolute Gasteiger partial charge is 0.306 e. The van der Waals surface area contributed by atoms with E-state index in [0.29, 0.717) is 0 Å². The van der Waals surface area contributed by atoms with E-state index in [0.717, 1.165) is 18.0 Å². The van der Waals surface area contributed by atoms with Crippen LogP contribution in [-0.2, 0) is 12.8 Å². The molecule has 3 heteroatoms. The number of benzene rings is 1. The minimum absolute atomic E-state index is 0.235. The standard InChI is InChI=1S/C17H20ClNS/c1-2-10-19-17(13-7-3-4-8-14(13)18)16-11-12-6-5-9-15(12)20-16/h3-4,7-8,11,17,19H,2,5-6,9-10H2,1H3. The molecular weight excluding hydrogens is 286 g/mol. The highest BCUT2D eigenvalue weighted by molar-refractivity contribution is 7.12. The summed E-state index contributed by atoms with van der Waals surface area (Å²) in [7, 11) is 0. The summed E-state index contributed by atoms with van der Waals surface area (Å²) in [6, 6.07) is 10.8. The van der Waals surface area contributed by atoms with Gasteiger partial charge in [-0.25, -0.2) is 0 Å². The molecule has 1 aromatic carbocycles. The van der Waals surface area contributed by atoms with Gasteiger partial charge in [0.15, 0.2) is 0 Å². The third kappa shape index (κ3) is 2.78. The van der Waals surface area contributed by atoms with Crippen molar-refractivity contribution in [1.29, 1.82) is 0 Å². The smallest absolute Gasteiger partial charge is 0.0685 e. The van der Waals surface area contributed by atoms with Crippen LogP contribution < -0.4 is 5.32 Å². The van der Waals surface area contributed by atoms with Gasteiger partial charge in [-0.1, -0.05) is 36.7 Å². The van der Waals surface area contributed by atoms with Gasteiger partial charge in [0.05, 0.1) is 6.04 Å². The van der Waals surface area contributed by atoms with Crippen molar-refractivity contribution >= 4 is 22.9 Å². The Balaban J connectivity index is 1.95. The Morgan fingerprint density at radius 2 is 2.15 bits per heavy atom. The molecule has 0 spiro atoms. The van der Waals surface area contributed by atoms with Gasteiger partial charge < -0.3 is 5.32 Å². The highest BCUT2D eigenvalue weighted by Crippen LogP contribution is 2.37. The highest BCUT2D eigenvalue weighted by Gasteiger charge is 2.22. The van der Waals surface area contributed by atoms with Gasteiger partial charge in [0.2, 0.25) is 0 Å². The second kappa shape index (κ2) is 6.30. The van der Waals surface area contributed by atoms with Crippen LogP contribution in [0.3, 0.4) is 0 Å². The van der Waals surface area contributed by atoms with Crippen molar-refractivity contribution in [3.05, 3.63) is 56.2 Å². The van der Waals surface area contributed by atoms with Crippen molar-refractivity contribution in [1.82, 2.24) is 5.32 Å². The molecule has 1 aliphatic carbocycles. The summed E-state index contributed by atoms with van der Waals surface area (Å²) in [4.78, 5) is 2.99. The van der Waals surface area contributed by atoms with Gasteiger partial charge in [-0.2, -0.15) is 0 Å². The van der Waals surface area contributed by atoms with Crippen LogP contribution in [0.4, 0.5) is 0 Å². The van der Waals surface area contributed by atoms with Gasteiger partial charge in [0.25, 0.3) is 0 Å². The zero-order valence-corrected chi connectivity index (χ0v) is 13.4. The van der Waals surface area contributed by atoms with E-state index in [4.69, 9.17) is 11.6 Å². The third-order valence-electron chi connectivity index (χ3n) is 3.86. The second-order valence-corrected chi connectivity index (χ2v) is 6.93. The lowest BCUT2D eigenvalue weighted by atomic mass is 10.0. The van der Waals surface area contributed by atoms with E-state index in [1.165, 1.54) is 29.7 Å². The normalized spacial score (nSPS) is 15.3. The first-order chi connectivity index (χ1) is 9.79. The Kier molecular flexibility index (Phi) is 4.45. The van der Waals surface area contributed by atoms with E-state index in [1.807, 2.05) is 23.5 Å². The van der Waals surface area contributed by atoms with Crippen LogP contribution in [0.1, 0.15) is 46.7 Å². The van der Waals surface area contributed by atoms with Gasteiger partial charge in [-0.3, -0.25) is 0 Å². The first-order valence-electron chi connectivity index (χ1n) is 7.39. The van der Waals surface area contributed by atoms with Gasteiger partial charge >= 0.3 is 0 Å². The quantitative estimate of drug-likeness (QED) is 0.821.